The predicted molar refractivity (Wildman–Crippen MR) is 73.0 cm³/mol. The second-order valence-corrected chi connectivity index (χ2v) is 4.62. The summed E-state index contributed by atoms with van der Waals surface area (Å²) in [7, 11) is 0. The molecule has 1 aromatic carbocycles. The van der Waals surface area contributed by atoms with Crippen LogP contribution in [-0.4, -0.2) is 25.1 Å². The minimum absolute atomic E-state index is 0.313. The lowest BCUT2D eigenvalue weighted by molar-refractivity contribution is 0.363. The van der Waals surface area contributed by atoms with E-state index in [1.54, 1.807) is 10.7 Å². The molecule has 0 bridgehead atoms. The Labute approximate surface area is 119 Å². The van der Waals surface area contributed by atoms with Gasteiger partial charge < -0.3 is 10.3 Å². The highest BCUT2D eigenvalue weighted by atomic mass is 35.5. The molecule has 0 fully saturated rings. The van der Waals surface area contributed by atoms with Crippen LogP contribution in [0.5, 0.6) is 0 Å². The summed E-state index contributed by atoms with van der Waals surface area (Å²) < 4.78 is 6.79. The van der Waals surface area contributed by atoms with Crippen molar-refractivity contribution < 1.29 is 4.52 Å². The fraction of sp³-hybridized carbons (Fsp3) is 0.167. The van der Waals surface area contributed by atoms with E-state index in [-0.39, 0.29) is 0 Å². The Hall–Kier alpha value is -2.41. The van der Waals surface area contributed by atoms with Crippen LogP contribution in [-0.2, 0) is 6.54 Å². The summed E-state index contributed by atoms with van der Waals surface area (Å²) in [6.45, 7) is 2.13. The van der Waals surface area contributed by atoms with Gasteiger partial charge in [0.05, 0.1) is 10.7 Å². The molecule has 0 atom stereocenters. The molecule has 0 unspecified atom stereocenters. The Morgan fingerprint density at radius 3 is 2.85 bits per heavy atom. The van der Waals surface area contributed by atoms with E-state index in [4.69, 9.17) is 21.9 Å². The highest BCUT2D eigenvalue weighted by Gasteiger charge is 2.13. The highest BCUT2D eigenvalue weighted by molar-refractivity contribution is 6.33. The van der Waals surface area contributed by atoms with Gasteiger partial charge in [0.25, 0.3) is 0 Å². The summed E-state index contributed by atoms with van der Waals surface area (Å²) in [4.78, 5) is 4.30. The Morgan fingerprint density at radius 1 is 1.35 bits per heavy atom. The van der Waals surface area contributed by atoms with Gasteiger partial charge in [-0.1, -0.05) is 34.1 Å². The standard InChI is InChI=1S/C12H11ClN6O/c1-7-11(14)16-18-19(7)6-10-15-12(17-20-10)8-4-2-3-5-9(8)13/h2-5H,6,14H2,1H3. The minimum atomic E-state index is 0.313. The lowest BCUT2D eigenvalue weighted by Gasteiger charge is -1.98. The third kappa shape index (κ3) is 2.23. The zero-order valence-electron chi connectivity index (χ0n) is 10.6. The van der Waals surface area contributed by atoms with Gasteiger partial charge in [0.1, 0.15) is 6.54 Å². The molecule has 3 rings (SSSR count). The fourth-order valence-corrected chi connectivity index (χ4v) is 1.94. The molecular weight excluding hydrogens is 280 g/mol. The van der Waals surface area contributed by atoms with Crippen molar-refractivity contribution in [2.75, 3.05) is 5.73 Å². The molecule has 0 aliphatic rings. The molecule has 0 radical (unpaired) electrons. The van der Waals surface area contributed by atoms with E-state index in [0.29, 0.717) is 29.1 Å². The Bertz CT molecular complexity index is 750. The van der Waals surface area contributed by atoms with E-state index < -0.39 is 0 Å². The van der Waals surface area contributed by atoms with Gasteiger partial charge >= 0.3 is 0 Å². The van der Waals surface area contributed by atoms with Crippen LogP contribution >= 0.6 is 11.6 Å². The fourth-order valence-electron chi connectivity index (χ4n) is 1.72. The first-order valence-electron chi connectivity index (χ1n) is 5.88. The third-order valence-electron chi connectivity index (χ3n) is 2.89. The van der Waals surface area contributed by atoms with Crippen molar-refractivity contribution in [1.29, 1.82) is 0 Å². The van der Waals surface area contributed by atoms with Crippen molar-refractivity contribution in [3.05, 3.63) is 40.9 Å². The maximum Gasteiger partial charge on any atom is 0.248 e. The third-order valence-corrected chi connectivity index (χ3v) is 3.22. The van der Waals surface area contributed by atoms with Gasteiger partial charge in [-0.05, 0) is 19.1 Å². The first kappa shape index (κ1) is 12.6. The molecule has 0 aliphatic heterocycles. The molecule has 0 saturated heterocycles. The molecule has 0 saturated carbocycles. The summed E-state index contributed by atoms with van der Waals surface area (Å²) in [5.41, 5.74) is 7.11. The second-order valence-electron chi connectivity index (χ2n) is 4.21. The number of benzene rings is 1. The monoisotopic (exact) mass is 290 g/mol. The average Bonchev–Trinajstić information content (AvgIpc) is 3.02. The molecule has 7 nitrogen and oxygen atoms in total. The smallest absolute Gasteiger partial charge is 0.248 e. The zero-order chi connectivity index (χ0) is 14.1. The SMILES string of the molecule is Cc1c(N)nnn1Cc1nc(-c2ccccc2Cl)no1. The van der Waals surface area contributed by atoms with Crippen LogP contribution in [0.25, 0.3) is 11.4 Å². The van der Waals surface area contributed by atoms with Crippen LogP contribution in [0.2, 0.25) is 5.02 Å². The maximum absolute atomic E-state index is 6.09. The predicted octanol–water partition coefficient (Wildman–Crippen LogP) is 1.92. The molecule has 0 spiro atoms. The maximum atomic E-state index is 6.09. The molecular formula is C12H11ClN6O. The van der Waals surface area contributed by atoms with Gasteiger partial charge in [-0.25, -0.2) is 4.68 Å². The lowest BCUT2D eigenvalue weighted by Crippen LogP contribution is -2.04. The quantitative estimate of drug-likeness (QED) is 0.791. The van der Waals surface area contributed by atoms with Crippen molar-refractivity contribution in [1.82, 2.24) is 25.1 Å². The molecule has 102 valence electrons. The number of nitrogens with two attached hydrogens (primary N) is 1. The van der Waals surface area contributed by atoms with Gasteiger partial charge in [0, 0.05) is 5.56 Å². The molecule has 20 heavy (non-hydrogen) atoms. The Balaban J connectivity index is 1.88. The van der Waals surface area contributed by atoms with E-state index >= 15 is 0 Å². The molecule has 2 heterocycles. The van der Waals surface area contributed by atoms with Crippen molar-refractivity contribution in [2.24, 2.45) is 0 Å². The molecule has 2 N–H and O–H groups in total. The summed E-state index contributed by atoms with van der Waals surface area (Å²) in [5.74, 6) is 1.24. The van der Waals surface area contributed by atoms with Gasteiger partial charge in [0.2, 0.25) is 11.7 Å². The second kappa shape index (κ2) is 4.93. The summed E-state index contributed by atoms with van der Waals surface area (Å²) in [6.07, 6.45) is 0. The van der Waals surface area contributed by atoms with Crippen molar-refractivity contribution in [3.63, 3.8) is 0 Å². The van der Waals surface area contributed by atoms with E-state index in [9.17, 15) is 0 Å². The van der Waals surface area contributed by atoms with Gasteiger partial charge in [-0.15, -0.1) is 5.10 Å². The minimum Gasteiger partial charge on any atom is -0.381 e. The number of nitrogen functional groups attached to an aromatic ring is 1. The number of rotatable bonds is 3. The van der Waals surface area contributed by atoms with E-state index in [0.717, 1.165) is 11.3 Å². The van der Waals surface area contributed by atoms with E-state index in [1.165, 1.54) is 0 Å². The highest BCUT2D eigenvalue weighted by Crippen LogP contribution is 2.25. The molecule has 8 heteroatoms. The molecule has 2 aromatic heterocycles. The number of halogens is 1. The first-order valence-corrected chi connectivity index (χ1v) is 6.26. The van der Waals surface area contributed by atoms with Gasteiger partial charge in [0.15, 0.2) is 5.82 Å². The number of aromatic nitrogens is 5. The van der Waals surface area contributed by atoms with E-state index in [2.05, 4.69) is 20.5 Å². The lowest BCUT2D eigenvalue weighted by atomic mass is 10.2. The summed E-state index contributed by atoms with van der Waals surface area (Å²) in [5, 5.41) is 12.2. The number of nitrogens with zero attached hydrogens (tertiary/aromatic N) is 5. The van der Waals surface area contributed by atoms with Crippen LogP contribution < -0.4 is 5.73 Å². The van der Waals surface area contributed by atoms with Crippen LogP contribution in [0.15, 0.2) is 28.8 Å². The number of hydrogen-bond acceptors (Lipinski definition) is 6. The largest absolute Gasteiger partial charge is 0.381 e. The van der Waals surface area contributed by atoms with Gasteiger partial charge in [-0.2, -0.15) is 4.98 Å². The zero-order valence-corrected chi connectivity index (χ0v) is 11.4. The summed E-state index contributed by atoms with van der Waals surface area (Å²) >= 11 is 6.09. The Morgan fingerprint density at radius 2 is 2.15 bits per heavy atom. The van der Waals surface area contributed by atoms with Crippen molar-refractivity contribution in [3.8, 4) is 11.4 Å². The normalized spacial score (nSPS) is 10.9. The van der Waals surface area contributed by atoms with Crippen molar-refractivity contribution >= 4 is 17.4 Å². The molecule has 3 aromatic rings. The Kier molecular flexibility index (Phi) is 3.11. The molecule has 0 aliphatic carbocycles. The molecule has 0 amide bonds. The van der Waals surface area contributed by atoms with Crippen LogP contribution in [0, 0.1) is 6.92 Å². The average molecular weight is 291 g/mol. The van der Waals surface area contributed by atoms with Crippen LogP contribution in [0.4, 0.5) is 5.82 Å². The topological polar surface area (TPSA) is 95.7 Å². The number of hydrogen-bond donors (Lipinski definition) is 1. The van der Waals surface area contributed by atoms with E-state index in [1.807, 2.05) is 25.1 Å². The number of anilines is 1. The van der Waals surface area contributed by atoms with Crippen molar-refractivity contribution in [2.45, 2.75) is 13.5 Å². The van der Waals surface area contributed by atoms with Crippen LogP contribution in [0.1, 0.15) is 11.6 Å². The summed E-state index contributed by atoms with van der Waals surface area (Å²) in [6, 6.07) is 7.30. The van der Waals surface area contributed by atoms with Gasteiger partial charge in [-0.3, -0.25) is 0 Å². The first-order chi connectivity index (χ1) is 9.65. The van der Waals surface area contributed by atoms with Crippen LogP contribution in [0.3, 0.4) is 0 Å².